The number of nitrogens with zero attached hydrogens (tertiary/aromatic N) is 2. The SMILES string of the molecule is Cc1cnn(-c2cccc(C3(C(=O)O)CCCC3)c2)c1. The van der Waals surface area contributed by atoms with Gasteiger partial charge in [0.2, 0.25) is 0 Å². The molecule has 1 heterocycles. The number of benzene rings is 1. The van der Waals surface area contributed by atoms with E-state index in [1.54, 1.807) is 10.9 Å². The van der Waals surface area contributed by atoms with Gasteiger partial charge in [0.25, 0.3) is 0 Å². The Morgan fingerprint density at radius 1 is 1.35 bits per heavy atom. The standard InChI is InChI=1S/C16H18N2O2/c1-12-10-17-18(11-12)14-6-4-5-13(9-14)16(15(19)20)7-2-3-8-16/h4-6,9-11H,2-3,7-8H2,1H3,(H,19,20). The molecule has 2 aromatic rings. The number of aliphatic carboxylic acids is 1. The lowest BCUT2D eigenvalue weighted by Crippen LogP contribution is -2.32. The molecule has 1 aromatic heterocycles. The Balaban J connectivity index is 2.05. The third kappa shape index (κ3) is 2.01. The molecule has 0 atom stereocenters. The minimum atomic E-state index is -0.710. The van der Waals surface area contributed by atoms with E-state index in [2.05, 4.69) is 5.10 Å². The quantitative estimate of drug-likeness (QED) is 0.932. The summed E-state index contributed by atoms with van der Waals surface area (Å²) in [6, 6.07) is 7.77. The molecule has 104 valence electrons. The van der Waals surface area contributed by atoms with Crippen LogP contribution < -0.4 is 0 Å². The zero-order chi connectivity index (χ0) is 14.2. The molecule has 0 bridgehead atoms. The number of hydrogen-bond donors (Lipinski definition) is 1. The Hall–Kier alpha value is -2.10. The molecule has 0 aliphatic heterocycles. The van der Waals surface area contributed by atoms with Crippen molar-refractivity contribution in [2.24, 2.45) is 0 Å². The summed E-state index contributed by atoms with van der Waals surface area (Å²) < 4.78 is 1.79. The van der Waals surface area contributed by atoms with Crippen LogP contribution in [0.4, 0.5) is 0 Å². The Morgan fingerprint density at radius 3 is 2.70 bits per heavy atom. The number of carboxylic acid groups (broad SMARTS) is 1. The summed E-state index contributed by atoms with van der Waals surface area (Å²) >= 11 is 0. The Kier molecular flexibility index (Phi) is 3.08. The van der Waals surface area contributed by atoms with Gasteiger partial charge in [0.15, 0.2) is 0 Å². The molecule has 20 heavy (non-hydrogen) atoms. The van der Waals surface area contributed by atoms with E-state index in [0.717, 1.165) is 42.5 Å². The summed E-state index contributed by atoms with van der Waals surface area (Å²) in [5.41, 5.74) is 2.19. The summed E-state index contributed by atoms with van der Waals surface area (Å²) in [4.78, 5) is 11.8. The van der Waals surface area contributed by atoms with Crippen molar-refractivity contribution < 1.29 is 9.90 Å². The van der Waals surface area contributed by atoms with E-state index in [9.17, 15) is 9.90 Å². The number of aromatic nitrogens is 2. The van der Waals surface area contributed by atoms with Gasteiger partial charge in [-0.1, -0.05) is 25.0 Å². The highest BCUT2D eigenvalue weighted by molar-refractivity contribution is 5.82. The molecule has 1 aliphatic rings. The molecule has 1 aromatic carbocycles. The van der Waals surface area contributed by atoms with Crippen LogP contribution >= 0.6 is 0 Å². The van der Waals surface area contributed by atoms with Crippen LogP contribution in [-0.2, 0) is 10.2 Å². The number of rotatable bonds is 3. The molecule has 0 amide bonds. The van der Waals surface area contributed by atoms with Crippen molar-refractivity contribution in [1.82, 2.24) is 9.78 Å². The molecule has 1 saturated carbocycles. The molecular weight excluding hydrogens is 252 g/mol. The van der Waals surface area contributed by atoms with Gasteiger partial charge in [-0.05, 0) is 43.0 Å². The van der Waals surface area contributed by atoms with Crippen molar-refractivity contribution in [1.29, 1.82) is 0 Å². The predicted octanol–water partition coefficient (Wildman–Crippen LogP) is 3.08. The normalized spacial score (nSPS) is 17.2. The summed E-state index contributed by atoms with van der Waals surface area (Å²) in [5, 5.41) is 14.0. The second-order valence-corrected chi connectivity index (χ2v) is 5.61. The van der Waals surface area contributed by atoms with Crippen molar-refractivity contribution in [3.63, 3.8) is 0 Å². The second kappa shape index (κ2) is 4.78. The van der Waals surface area contributed by atoms with Crippen LogP contribution in [0.25, 0.3) is 5.69 Å². The van der Waals surface area contributed by atoms with Crippen LogP contribution in [0.3, 0.4) is 0 Å². The lowest BCUT2D eigenvalue weighted by Gasteiger charge is -2.24. The first-order chi connectivity index (χ1) is 9.62. The molecule has 0 radical (unpaired) electrons. The molecule has 0 spiro atoms. The third-order valence-electron chi connectivity index (χ3n) is 4.24. The lowest BCUT2D eigenvalue weighted by atomic mass is 9.79. The van der Waals surface area contributed by atoms with Crippen LogP contribution in [0, 0.1) is 6.92 Å². The fraction of sp³-hybridized carbons (Fsp3) is 0.375. The molecule has 1 fully saturated rings. The monoisotopic (exact) mass is 270 g/mol. The van der Waals surface area contributed by atoms with Crippen molar-refractivity contribution in [2.45, 2.75) is 38.0 Å². The Labute approximate surface area is 118 Å². The third-order valence-corrected chi connectivity index (χ3v) is 4.24. The first-order valence-electron chi connectivity index (χ1n) is 6.97. The molecular formula is C16H18N2O2. The van der Waals surface area contributed by atoms with Gasteiger partial charge < -0.3 is 5.11 Å². The average Bonchev–Trinajstić information content (AvgIpc) is 3.08. The highest BCUT2D eigenvalue weighted by atomic mass is 16.4. The minimum absolute atomic E-state index is 0.705. The van der Waals surface area contributed by atoms with Crippen molar-refractivity contribution in [2.75, 3.05) is 0 Å². The van der Waals surface area contributed by atoms with Crippen LogP contribution in [0.5, 0.6) is 0 Å². The molecule has 1 aliphatic carbocycles. The highest BCUT2D eigenvalue weighted by Gasteiger charge is 2.42. The maximum atomic E-state index is 11.8. The number of carboxylic acids is 1. The largest absolute Gasteiger partial charge is 0.481 e. The van der Waals surface area contributed by atoms with Gasteiger partial charge in [0.05, 0.1) is 17.3 Å². The molecule has 4 heteroatoms. The molecule has 0 saturated heterocycles. The van der Waals surface area contributed by atoms with Crippen LogP contribution in [-0.4, -0.2) is 20.9 Å². The topological polar surface area (TPSA) is 55.1 Å². The second-order valence-electron chi connectivity index (χ2n) is 5.61. The summed E-state index contributed by atoms with van der Waals surface area (Å²) in [6.07, 6.45) is 7.17. The van der Waals surface area contributed by atoms with E-state index in [0.29, 0.717) is 0 Å². The zero-order valence-corrected chi connectivity index (χ0v) is 11.5. The first-order valence-corrected chi connectivity index (χ1v) is 6.97. The van der Waals surface area contributed by atoms with E-state index in [-0.39, 0.29) is 0 Å². The first kappa shape index (κ1) is 12.9. The van der Waals surface area contributed by atoms with E-state index in [4.69, 9.17) is 0 Å². The number of aryl methyl sites for hydroxylation is 1. The molecule has 0 unspecified atom stereocenters. The predicted molar refractivity (Wildman–Crippen MR) is 76.1 cm³/mol. The van der Waals surface area contributed by atoms with Gasteiger partial charge in [0, 0.05) is 6.20 Å². The Morgan fingerprint density at radius 2 is 2.10 bits per heavy atom. The number of carbonyl (C=O) groups is 1. The van der Waals surface area contributed by atoms with Gasteiger partial charge >= 0.3 is 5.97 Å². The average molecular weight is 270 g/mol. The van der Waals surface area contributed by atoms with E-state index >= 15 is 0 Å². The number of hydrogen-bond acceptors (Lipinski definition) is 2. The minimum Gasteiger partial charge on any atom is -0.481 e. The van der Waals surface area contributed by atoms with E-state index < -0.39 is 11.4 Å². The van der Waals surface area contributed by atoms with Crippen molar-refractivity contribution in [3.8, 4) is 5.69 Å². The molecule has 1 N–H and O–H groups in total. The van der Waals surface area contributed by atoms with Crippen molar-refractivity contribution in [3.05, 3.63) is 47.8 Å². The summed E-state index contributed by atoms with van der Waals surface area (Å²) in [7, 11) is 0. The smallest absolute Gasteiger partial charge is 0.314 e. The van der Waals surface area contributed by atoms with Crippen molar-refractivity contribution >= 4 is 5.97 Å². The maximum Gasteiger partial charge on any atom is 0.314 e. The van der Waals surface area contributed by atoms with Crippen LogP contribution in [0.15, 0.2) is 36.7 Å². The van der Waals surface area contributed by atoms with E-state index in [1.165, 1.54) is 0 Å². The maximum absolute atomic E-state index is 11.8. The molecule has 3 rings (SSSR count). The fourth-order valence-corrected chi connectivity index (χ4v) is 3.10. The van der Waals surface area contributed by atoms with E-state index in [1.807, 2.05) is 37.4 Å². The summed E-state index contributed by atoms with van der Waals surface area (Å²) in [5.74, 6) is -0.705. The molecule has 4 nitrogen and oxygen atoms in total. The van der Waals surface area contributed by atoms with Gasteiger partial charge in [-0.15, -0.1) is 0 Å². The van der Waals surface area contributed by atoms with Gasteiger partial charge in [-0.2, -0.15) is 5.10 Å². The zero-order valence-electron chi connectivity index (χ0n) is 11.5. The van der Waals surface area contributed by atoms with Gasteiger partial charge in [0.1, 0.15) is 0 Å². The van der Waals surface area contributed by atoms with Gasteiger partial charge in [-0.3, -0.25) is 4.79 Å². The highest BCUT2D eigenvalue weighted by Crippen LogP contribution is 2.41. The van der Waals surface area contributed by atoms with Crippen LogP contribution in [0.1, 0.15) is 36.8 Å². The fourth-order valence-electron chi connectivity index (χ4n) is 3.10. The van der Waals surface area contributed by atoms with Crippen LogP contribution in [0.2, 0.25) is 0 Å². The van der Waals surface area contributed by atoms with Gasteiger partial charge in [-0.25, -0.2) is 4.68 Å². The lowest BCUT2D eigenvalue weighted by molar-refractivity contribution is -0.143. The summed E-state index contributed by atoms with van der Waals surface area (Å²) in [6.45, 7) is 1.99. The Bertz CT molecular complexity index is 639.